The van der Waals surface area contributed by atoms with Crippen molar-refractivity contribution in [1.29, 1.82) is 0 Å². The highest BCUT2D eigenvalue weighted by atomic mass is 16.2. The fourth-order valence-corrected chi connectivity index (χ4v) is 3.17. The molecule has 2 heterocycles. The first kappa shape index (κ1) is 16.1. The third kappa shape index (κ3) is 3.21. The normalized spacial score (nSPS) is 16.7. The molecule has 4 rings (SSSR count). The van der Waals surface area contributed by atoms with Crippen LogP contribution in [0.25, 0.3) is 10.9 Å². The first-order chi connectivity index (χ1) is 12.6. The van der Waals surface area contributed by atoms with Crippen LogP contribution in [-0.4, -0.2) is 22.7 Å². The molecule has 130 valence electrons. The molecule has 1 aromatic heterocycles. The molecule has 0 radical (unpaired) electrons. The van der Waals surface area contributed by atoms with E-state index in [4.69, 9.17) is 0 Å². The Morgan fingerprint density at radius 1 is 1.08 bits per heavy atom. The molecule has 1 aliphatic heterocycles. The van der Waals surface area contributed by atoms with Crippen LogP contribution in [0.3, 0.4) is 0 Å². The molecule has 3 amide bonds. The molecule has 0 saturated carbocycles. The smallest absolute Gasteiger partial charge is 0.255 e. The lowest BCUT2D eigenvalue weighted by molar-refractivity contribution is -0.125. The van der Waals surface area contributed by atoms with Gasteiger partial charge in [0.05, 0.1) is 5.92 Å². The number of hydrogen-bond donors (Lipinski definition) is 3. The summed E-state index contributed by atoms with van der Waals surface area (Å²) in [5.41, 5.74) is 3.12. The molecule has 26 heavy (non-hydrogen) atoms. The Balaban J connectivity index is 1.42. The Kier molecular flexibility index (Phi) is 4.01. The quantitative estimate of drug-likeness (QED) is 0.634. The highest BCUT2D eigenvalue weighted by Gasteiger charge is 2.30. The number of amides is 3. The van der Waals surface area contributed by atoms with Crippen LogP contribution in [-0.2, 0) is 16.0 Å². The number of anilines is 1. The van der Waals surface area contributed by atoms with E-state index in [1.165, 1.54) is 0 Å². The predicted molar refractivity (Wildman–Crippen MR) is 97.7 cm³/mol. The lowest BCUT2D eigenvalue weighted by atomic mass is 9.98. The Hall–Kier alpha value is -3.41. The molecule has 1 aliphatic rings. The maximum atomic E-state index is 12.4. The Morgan fingerprint density at radius 3 is 2.62 bits per heavy atom. The average molecular weight is 347 g/mol. The second kappa shape index (κ2) is 6.48. The van der Waals surface area contributed by atoms with Gasteiger partial charge < -0.3 is 10.3 Å². The van der Waals surface area contributed by atoms with E-state index >= 15 is 0 Å². The van der Waals surface area contributed by atoms with Crippen molar-refractivity contribution in [1.82, 2.24) is 10.3 Å². The molecular weight excluding hydrogens is 330 g/mol. The minimum Gasteiger partial charge on any atom is -0.361 e. The lowest BCUT2D eigenvalue weighted by Gasteiger charge is -2.09. The van der Waals surface area contributed by atoms with Gasteiger partial charge >= 0.3 is 0 Å². The zero-order valence-electron chi connectivity index (χ0n) is 13.9. The second-order valence-electron chi connectivity index (χ2n) is 6.45. The molecular formula is C20H17N3O3. The van der Waals surface area contributed by atoms with E-state index in [2.05, 4.69) is 15.6 Å². The number of aromatic amines is 1. The number of rotatable bonds is 4. The molecule has 0 aliphatic carbocycles. The van der Waals surface area contributed by atoms with Crippen molar-refractivity contribution < 1.29 is 14.4 Å². The number of benzene rings is 2. The van der Waals surface area contributed by atoms with Gasteiger partial charge in [-0.1, -0.05) is 18.2 Å². The highest BCUT2D eigenvalue weighted by molar-refractivity contribution is 6.06. The van der Waals surface area contributed by atoms with Crippen LogP contribution >= 0.6 is 0 Å². The summed E-state index contributed by atoms with van der Waals surface area (Å²) in [6.45, 7) is 0. The number of fused-ring (bicyclic) bond motifs is 1. The Bertz CT molecular complexity index is 1000. The zero-order chi connectivity index (χ0) is 18.1. The largest absolute Gasteiger partial charge is 0.361 e. The van der Waals surface area contributed by atoms with E-state index in [0.717, 1.165) is 16.5 Å². The maximum absolute atomic E-state index is 12.4. The molecule has 1 fully saturated rings. The van der Waals surface area contributed by atoms with Crippen molar-refractivity contribution in [3.63, 3.8) is 0 Å². The molecule has 0 bridgehead atoms. The van der Waals surface area contributed by atoms with Crippen LogP contribution in [0.4, 0.5) is 5.69 Å². The third-order valence-electron chi connectivity index (χ3n) is 4.58. The third-order valence-corrected chi connectivity index (χ3v) is 4.58. The SMILES string of the molecule is O=C1CC(Cc2ccc(NC(=O)c3ccc4cc[nH]c4c3)cc2)C(=O)N1. The van der Waals surface area contributed by atoms with Crippen molar-refractivity contribution >= 4 is 34.3 Å². The minimum atomic E-state index is -0.310. The predicted octanol–water partition coefficient (Wildman–Crippen LogP) is 2.63. The fraction of sp³-hybridized carbons (Fsp3) is 0.150. The first-order valence-corrected chi connectivity index (χ1v) is 8.39. The number of carbonyl (C=O) groups excluding carboxylic acids is 3. The summed E-state index contributed by atoms with van der Waals surface area (Å²) in [6.07, 6.45) is 2.58. The summed E-state index contributed by atoms with van der Waals surface area (Å²) in [5.74, 6) is -0.930. The van der Waals surface area contributed by atoms with Crippen molar-refractivity contribution in [3.05, 3.63) is 65.9 Å². The van der Waals surface area contributed by atoms with Gasteiger partial charge in [-0.15, -0.1) is 0 Å². The van der Waals surface area contributed by atoms with Gasteiger partial charge in [-0.2, -0.15) is 0 Å². The number of aromatic nitrogens is 1. The number of nitrogens with one attached hydrogen (secondary N) is 3. The summed E-state index contributed by atoms with van der Waals surface area (Å²) >= 11 is 0. The zero-order valence-corrected chi connectivity index (χ0v) is 13.9. The van der Waals surface area contributed by atoms with Gasteiger partial charge in [-0.25, -0.2) is 0 Å². The van der Waals surface area contributed by atoms with Crippen LogP contribution in [0.15, 0.2) is 54.7 Å². The van der Waals surface area contributed by atoms with Crippen LogP contribution < -0.4 is 10.6 Å². The molecule has 3 aromatic rings. The van der Waals surface area contributed by atoms with Gasteiger partial charge in [0.15, 0.2) is 0 Å². The van der Waals surface area contributed by atoms with E-state index in [9.17, 15) is 14.4 Å². The second-order valence-corrected chi connectivity index (χ2v) is 6.45. The first-order valence-electron chi connectivity index (χ1n) is 8.39. The molecule has 1 unspecified atom stereocenters. The highest BCUT2D eigenvalue weighted by Crippen LogP contribution is 2.20. The summed E-state index contributed by atoms with van der Waals surface area (Å²) in [5, 5.41) is 6.24. The summed E-state index contributed by atoms with van der Waals surface area (Å²) in [4.78, 5) is 38.4. The van der Waals surface area contributed by atoms with E-state index in [1.807, 2.05) is 36.5 Å². The molecule has 6 nitrogen and oxygen atoms in total. The Labute approximate surface area is 149 Å². The van der Waals surface area contributed by atoms with Crippen molar-refractivity contribution in [2.45, 2.75) is 12.8 Å². The van der Waals surface area contributed by atoms with Gasteiger partial charge in [0.1, 0.15) is 0 Å². The minimum absolute atomic E-state index is 0.185. The lowest BCUT2D eigenvalue weighted by Crippen LogP contribution is -2.22. The molecule has 1 atom stereocenters. The van der Waals surface area contributed by atoms with E-state index < -0.39 is 0 Å². The van der Waals surface area contributed by atoms with Gasteiger partial charge in [0.25, 0.3) is 5.91 Å². The van der Waals surface area contributed by atoms with Crippen LogP contribution in [0.5, 0.6) is 0 Å². The number of H-pyrrole nitrogens is 1. The van der Waals surface area contributed by atoms with Crippen LogP contribution in [0.2, 0.25) is 0 Å². The van der Waals surface area contributed by atoms with Crippen molar-refractivity contribution in [3.8, 4) is 0 Å². The molecule has 6 heteroatoms. The van der Waals surface area contributed by atoms with Crippen LogP contribution in [0.1, 0.15) is 22.3 Å². The standard InChI is InChI=1S/C20H17N3O3/c24-18-11-15(20(26)23-18)9-12-1-5-16(6-2-12)22-19(25)14-4-3-13-7-8-21-17(13)10-14/h1-8,10,15,21H,9,11H2,(H,22,25)(H,23,24,26). The molecule has 3 N–H and O–H groups in total. The number of hydrogen-bond acceptors (Lipinski definition) is 3. The van der Waals surface area contributed by atoms with E-state index in [-0.39, 0.29) is 30.1 Å². The molecule has 2 aromatic carbocycles. The summed E-state index contributed by atoms with van der Waals surface area (Å²) < 4.78 is 0. The van der Waals surface area contributed by atoms with Crippen molar-refractivity contribution in [2.75, 3.05) is 5.32 Å². The van der Waals surface area contributed by atoms with Gasteiger partial charge in [0, 0.05) is 29.4 Å². The summed E-state index contributed by atoms with van der Waals surface area (Å²) in [7, 11) is 0. The van der Waals surface area contributed by atoms with Crippen molar-refractivity contribution in [2.24, 2.45) is 5.92 Å². The maximum Gasteiger partial charge on any atom is 0.255 e. The monoisotopic (exact) mass is 347 g/mol. The number of carbonyl (C=O) groups is 3. The summed E-state index contributed by atoms with van der Waals surface area (Å²) in [6, 6.07) is 14.8. The topological polar surface area (TPSA) is 91.1 Å². The fourth-order valence-electron chi connectivity index (χ4n) is 3.17. The molecule has 0 spiro atoms. The van der Waals surface area contributed by atoms with E-state index in [1.54, 1.807) is 18.2 Å². The Morgan fingerprint density at radius 2 is 1.88 bits per heavy atom. The van der Waals surface area contributed by atoms with Gasteiger partial charge in [-0.05, 0) is 47.7 Å². The number of imide groups is 1. The average Bonchev–Trinajstić information content (AvgIpc) is 3.22. The van der Waals surface area contributed by atoms with Gasteiger partial charge in [-0.3, -0.25) is 19.7 Å². The molecule has 1 saturated heterocycles. The van der Waals surface area contributed by atoms with Gasteiger partial charge in [0.2, 0.25) is 11.8 Å². The van der Waals surface area contributed by atoms with Crippen LogP contribution in [0, 0.1) is 5.92 Å². The van der Waals surface area contributed by atoms with E-state index in [0.29, 0.717) is 17.7 Å².